The number of carbonyl (C=O) groups is 2. The van der Waals surface area contributed by atoms with E-state index in [1.807, 2.05) is 24.3 Å². The summed E-state index contributed by atoms with van der Waals surface area (Å²) in [5.74, 6) is 1.58. The zero-order chi connectivity index (χ0) is 21.6. The van der Waals surface area contributed by atoms with Crippen molar-refractivity contribution in [1.82, 2.24) is 15.5 Å². The third kappa shape index (κ3) is 5.69. The van der Waals surface area contributed by atoms with Crippen LogP contribution in [-0.4, -0.2) is 35.1 Å². The van der Waals surface area contributed by atoms with Crippen molar-refractivity contribution in [3.05, 3.63) is 60.0 Å². The molecule has 8 heteroatoms. The smallest absolute Gasteiger partial charge is 0.251 e. The van der Waals surface area contributed by atoms with Gasteiger partial charge in [0.05, 0.1) is 7.11 Å². The summed E-state index contributed by atoms with van der Waals surface area (Å²) in [5.41, 5.74) is 2.09. The first-order valence-corrected chi connectivity index (χ1v) is 10.3. The van der Waals surface area contributed by atoms with E-state index in [1.54, 1.807) is 31.4 Å². The van der Waals surface area contributed by atoms with Crippen LogP contribution in [-0.2, 0) is 11.2 Å². The predicted octanol–water partition coefficient (Wildman–Crippen LogP) is 3.60. The molecule has 2 N–H and O–H groups in total. The van der Waals surface area contributed by atoms with Crippen LogP contribution in [0.2, 0.25) is 0 Å². The number of benzene rings is 2. The topological polar surface area (TPSA) is 106 Å². The Morgan fingerprint density at radius 1 is 1.10 bits per heavy atom. The van der Waals surface area contributed by atoms with Crippen molar-refractivity contribution < 1.29 is 18.8 Å². The monoisotopic (exact) mass is 420 g/mol. The highest BCUT2D eigenvalue weighted by atomic mass is 16.5. The fourth-order valence-electron chi connectivity index (χ4n) is 3.04. The maximum Gasteiger partial charge on any atom is 0.251 e. The lowest BCUT2D eigenvalue weighted by atomic mass is 10.2. The van der Waals surface area contributed by atoms with Crippen LogP contribution in [0.4, 0.5) is 5.69 Å². The molecular formula is C23H24N4O4. The van der Waals surface area contributed by atoms with E-state index in [0.717, 1.165) is 24.2 Å². The number of amides is 2. The van der Waals surface area contributed by atoms with Gasteiger partial charge in [0, 0.05) is 35.7 Å². The molecule has 0 radical (unpaired) electrons. The van der Waals surface area contributed by atoms with Gasteiger partial charge in [-0.15, -0.1) is 0 Å². The molecule has 1 saturated carbocycles. The molecular weight excluding hydrogens is 396 g/mol. The van der Waals surface area contributed by atoms with E-state index in [9.17, 15) is 9.59 Å². The molecule has 1 fully saturated rings. The maximum atomic E-state index is 12.2. The predicted molar refractivity (Wildman–Crippen MR) is 115 cm³/mol. The number of carbonyl (C=O) groups excluding carboxylic acids is 2. The molecule has 31 heavy (non-hydrogen) atoms. The second-order valence-electron chi connectivity index (χ2n) is 7.47. The minimum absolute atomic E-state index is 0.0751. The number of anilines is 1. The summed E-state index contributed by atoms with van der Waals surface area (Å²) in [6.07, 6.45) is 3.51. The number of methoxy groups -OCH3 is 1. The number of aryl methyl sites for hydroxylation is 1. The molecule has 0 bridgehead atoms. The van der Waals surface area contributed by atoms with E-state index in [2.05, 4.69) is 20.8 Å². The molecule has 0 unspecified atom stereocenters. The molecule has 2 aromatic carbocycles. The molecule has 1 aliphatic rings. The first-order chi connectivity index (χ1) is 15.1. The van der Waals surface area contributed by atoms with Crippen molar-refractivity contribution in [2.24, 2.45) is 0 Å². The Hall–Kier alpha value is -3.68. The van der Waals surface area contributed by atoms with Crippen molar-refractivity contribution >= 4 is 17.5 Å². The van der Waals surface area contributed by atoms with Gasteiger partial charge in [-0.25, -0.2) is 0 Å². The molecule has 3 aromatic rings. The molecule has 0 atom stereocenters. The van der Waals surface area contributed by atoms with Gasteiger partial charge in [0.1, 0.15) is 5.75 Å². The standard InChI is InChI=1S/C23H24N4O4/c1-30-19-13-7-15(8-14-19)22-26-21(31-27-22)4-2-3-20(28)24-17-9-5-16(6-10-17)23(29)25-18-11-12-18/h5-10,13-14,18H,2-4,11-12H2,1H3,(H,24,28)(H,25,29). The van der Waals surface area contributed by atoms with Crippen LogP contribution < -0.4 is 15.4 Å². The Morgan fingerprint density at radius 3 is 2.52 bits per heavy atom. The maximum absolute atomic E-state index is 12.2. The number of nitrogens with one attached hydrogen (secondary N) is 2. The Labute approximate surface area is 180 Å². The van der Waals surface area contributed by atoms with Gasteiger partial charge in [-0.1, -0.05) is 5.16 Å². The Balaban J connectivity index is 1.22. The van der Waals surface area contributed by atoms with E-state index in [-0.39, 0.29) is 11.8 Å². The lowest BCUT2D eigenvalue weighted by Crippen LogP contribution is -2.25. The molecule has 1 aliphatic carbocycles. The zero-order valence-corrected chi connectivity index (χ0v) is 17.3. The normalized spacial score (nSPS) is 12.9. The van der Waals surface area contributed by atoms with Crippen molar-refractivity contribution in [3.63, 3.8) is 0 Å². The van der Waals surface area contributed by atoms with Crippen LogP contribution in [0, 0.1) is 0 Å². The van der Waals surface area contributed by atoms with E-state index in [4.69, 9.17) is 9.26 Å². The third-order valence-electron chi connectivity index (χ3n) is 4.95. The SMILES string of the molecule is COc1ccc(-c2noc(CCCC(=O)Nc3ccc(C(=O)NC4CC4)cc3)n2)cc1. The highest BCUT2D eigenvalue weighted by Gasteiger charge is 2.23. The van der Waals surface area contributed by atoms with Crippen molar-refractivity contribution in [2.45, 2.75) is 38.1 Å². The van der Waals surface area contributed by atoms with Gasteiger partial charge in [0.2, 0.25) is 17.6 Å². The van der Waals surface area contributed by atoms with Crippen LogP contribution in [0.15, 0.2) is 53.1 Å². The van der Waals surface area contributed by atoms with Crippen molar-refractivity contribution in [2.75, 3.05) is 12.4 Å². The second kappa shape index (κ2) is 9.42. The summed E-state index contributed by atoms with van der Waals surface area (Å²) in [4.78, 5) is 28.6. The van der Waals surface area contributed by atoms with Crippen molar-refractivity contribution in [1.29, 1.82) is 0 Å². The molecule has 1 heterocycles. The summed E-state index contributed by atoms with van der Waals surface area (Å²) < 4.78 is 10.4. The number of hydrogen-bond acceptors (Lipinski definition) is 6. The summed E-state index contributed by atoms with van der Waals surface area (Å²) in [5, 5.41) is 9.77. The number of nitrogens with zero attached hydrogens (tertiary/aromatic N) is 2. The van der Waals surface area contributed by atoms with Gasteiger partial charge >= 0.3 is 0 Å². The van der Waals surface area contributed by atoms with Gasteiger partial charge < -0.3 is 19.9 Å². The largest absolute Gasteiger partial charge is 0.497 e. The summed E-state index contributed by atoms with van der Waals surface area (Å²) in [6, 6.07) is 14.6. The van der Waals surface area contributed by atoms with Gasteiger partial charge in [0.25, 0.3) is 5.91 Å². The van der Waals surface area contributed by atoms with Gasteiger partial charge in [-0.2, -0.15) is 4.98 Å². The molecule has 1 aromatic heterocycles. The quantitative estimate of drug-likeness (QED) is 0.548. The Kier molecular flexibility index (Phi) is 6.26. The third-order valence-corrected chi connectivity index (χ3v) is 4.95. The molecule has 0 aliphatic heterocycles. The van der Waals surface area contributed by atoms with Crippen LogP contribution in [0.25, 0.3) is 11.4 Å². The summed E-state index contributed by atoms with van der Waals surface area (Å²) >= 11 is 0. The highest BCUT2D eigenvalue weighted by molar-refractivity contribution is 5.96. The van der Waals surface area contributed by atoms with Crippen LogP contribution in [0.3, 0.4) is 0 Å². The van der Waals surface area contributed by atoms with E-state index in [0.29, 0.717) is 48.3 Å². The summed E-state index contributed by atoms with van der Waals surface area (Å²) in [7, 11) is 1.61. The van der Waals surface area contributed by atoms with Crippen LogP contribution in [0.5, 0.6) is 5.75 Å². The highest BCUT2D eigenvalue weighted by Crippen LogP contribution is 2.21. The fourth-order valence-corrected chi connectivity index (χ4v) is 3.04. The number of hydrogen-bond donors (Lipinski definition) is 2. The number of rotatable bonds is 9. The fraction of sp³-hybridized carbons (Fsp3) is 0.304. The average Bonchev–Trinajstić information content (AvgIpc) is 3.48. The molecule has 0 saturated heterocycles. The Bertz CT molecular complexity index is 1040. The van der Waals surface area contributed by atoms with Crippen molar-refractivity contribution in [3.8, 4) is 17.1 Å². The second-order valence-corrected chi connectivity index (χ2v) is 7.47. The lowest BCUT2D eigenvalue weighted by Gasteiger charge is -2.07. The van der Waals surface area contributed by atoms with Gasteiger partial charge in [0.15, 0.2) is 0 Å². The van der Waals surface area contributed by atoms with Gasteiger partial charge in [-0.3, -0.25) is 9.59 Å². The van der Waals surface area contributed by atoms with Crippen LogP contribution in [0.1, 0.15) is 41.9 Å². The van der Waals surface area contributed by atoms with E-state index in [1.165, 1.54) is 0 Å². The Morgan fingerprint density at radius 2 is 1.84 bits per heavy atom. The first kappa shape index (κ1) is 20.6. The minimum atomic E-state index is -0.106. The number of ether oxygens (including phenoxy) is 1. The van der Waals surface area contributed by atoms with E-state index >= 15 is 0 Å². The minimum Gasteiger partial charge on any atom is -0.497 e. The number of aromatic nitrogens is 2. The van der Waals surface area contributed by atoms with Crippen LogP contribution >= 0.6 is 0 Å². The molecule has 4 rings (SSSR count). The lowest BCUT2D eigenvalue weighted by molar-refractivity contribution is -0.116. The average molecular weight is 420 g/mol. The first-order valence-electron chi connectivity index (χ1n) is 10.3. The van der Waals surface area contributed by atoms with Gasteiger partial charge in [-0.05, 0) is 67.8 Å². The summed E-state index contributed by atoms with van der Waals surface area (Å²) in [6.45, 7) is 0. The molecule has 160 valence electrons. The van der Waals surface area contributed by atoms with E-state index < -0.39 is 0 Å². The zero-order valence-electron chi connectivity index (χ0n) is 17.3. The molecule has 2 amide bonds. The molecule has 0 spiro atoms. The molecule has 8 nitrogen and oxygen atoms in total.